The molecule has 5 nitrogen and oxygen atoms in total. The molecule has 0 bridgehead atoms. The number of nitrogens with one attached hydrogen (secondary N) is 1. The lowest BCUT2D eigenvalue weighted by Gasteiger charge is -2.20. The Morgan fingerprint density at radius 2 is 1.72 bits per heavy atom. The highest BCUT2D eigenvalue weighted by atomic mass is 79.9. The van der Waals surface area contributed by atoms with Crippen LogP contribution < -0.4 is 5.32 Å². The first-order valence-corrected chi connectivity index (χ1v) is 9.36. The Morgan fingerprint density at radius 3 is 2.24 bits per heavy atom. The molecule has 2 amide bonds. The van der Waals surface area contributed by atoms with Gasteiger partial charge in [-0.15, -0.1) is 0 Å². The monoisotopic (exact) mass is 468 g/mol. The SMILES string of the molecule is CCN(CC)C(=O)/C(=C/c1ccc(Br)cc1)NC(=O)c1ccc(Br)o1. The molecule has 0 saturated carbocycles. The second kappa shape index (κ2) is 9.01. The first kappa shape index (κ1) is 19.5. The van der Waals surface area contributed by atoms with Crippen LogP contribution in [0, 0.1) is 0 Å². The summed E-state index contributed by atoms with van der Waals surface area (Å²) in [5, 5.41) is 2.66. The molecule has 1 heterocycles. The van der Waals surface area contributed by atoms with Crippen LogP contribution in [0.2, 0.25) is 0 Å². The number of carbonyl (C=O) groups is 2. The van der Waals surface area contributed by atoms with Gasteiger partial charge in [-0.05, 0) is 65.7 Å². The van der Waals surface area contributed by atoms with Crippen molar-refractivity contribution in [2.75, 3.05) is 13.1 Å². The van der Waals surface area contributed by atoms with Crippen LogP contribution in [0.5, 0.6) is 0 Å². The fourth-order valence-corrected chi connectivity index (χ4v) is 2.75. The summed E-state index contributed by atoms with van der Waals surface area (Å²) in [5.74, 6) is -0.595. The zero-order valence-electron chi connectivity index (χ0n) is 13.9. The predicted octanol–water partition coefficient (Wildman–Crippen LogP) is 4.44. The molecule has 0 aliphatic rings. The molecule has 0 unspecified atom stereocenters. The highest BCUT2D eigenvalue weighted by Gasteiger charge is 2.20. The lowest BCUT2D eigenvalue weighted by molar-refractivity contribution is -0.127. The third-order valence-corrected chi connectivity index (χ3v) is 4.46. The molecule has 132 valence electrons. The van der Waals surface area contributed by atoms with Crippen molar-refractivity contribution in [2.24, 2.45) is 0 Å². The zero-order valence-corrected chi connectivity index (χ0v) is 17.1. The number of amides is 2. The van der Waals surface area contributed by atoms with Crippen LogP contribution in [-0.4, -0.2) is 29.8 Å². The van der Waals surface area contributed by atoms with E-state index in [4.69, 9.17) is 4.42 Å². The Morgan fingerprint density at radius 1 is 1.08 bits per heavy atom. The number of likely N-dealkylation sites (N-methyl/N-ethyl adjacent to an activating group) is 1. The first-order valence-electron chi connectivity index (χ1n) is 7.77. The van der Waals surface area contributed by atoms with E-state index in [0.717, 1.165) is 10.0 Å². The van der Waals surface area contributed by atoms with Gasteiger partial charge in [-0.1, -0.05) is 28.1 Å². The molecular weight excluding hydrogens is 452 g/mol. The molecule has 0 saturated heterocycles. The van der Waals surface area contributed by atoms with Crippen molar-refractivity contribution >= 4 is 49.8 Å². The number of carbonyl (C=O) groups excluding carboxylic acids is 2. The fraction of sp³-hybridized carbons (Fsp3) is 0.222. The van der Waals surface area contributed by atoms with E-state index in [-0.39, 0.29) is 17.4 Å². The van der Waals surface area contributed by atoms with Crippen LogP contribution in [0.1, 0.15) is 30.0 Å². The fourth-order valence-electron chi connectivity index (χ4n) is 2.18. The van der Waals surface area contributed by atoms with Gasteiger partial charge in [-0.3, -0.25) is 9.59 Å². The zero-order chi connectivity index (χ0) is 18.4. The Hall–Kier alpha value is -1.86. The van der Waals surface area contributed by atoms with Crippen molar-refractivity contribution in [1.29, 1.82) is 0 Å². The van der Waals surface area contributed by atoms with Crippen LogP contribution >= 0.6 is 31.9 Å². The van der Waals surface area contributed by atoms with E-state index in [1.807, 2.05) is 38.1 Å². The lowest BCUT2D eigenvalue weighted by atomic mass is 10.1. The van der Waals surface area contributed by atoms with Gasteiger partial charge in [-0.25, -0.2) is 0 Å². The molecule has 0 radical (unpaired) electrons. The lowest BCUT2D eigenvalue weighted by Crippen LogP contribution is -2.38. The van der Waals surface area contributed by atoms with E-state index >= 15 is 0 Å². The van der Waals surface area contributed by atoms with E-state index in [2.05, 4.69) is 37.2 Å². The summed E-state index contributed by atoms with van der Waals surface area (Å²) in [7, 11) is 0. The van der Waals surface area contributed by atoms with E-state index < -0.39 is 5.91 Å². The van der Waals surface area contributed by atoms with Crippen molar-refractivity contribution in [1.82, 2.24) is 10.2 Å². The second-order valence-electron chi connectivity index (χ2n) is 5.14. The molecule has 0 spiro atoms. The van der Waals surface area contributed by atoms with Crippen molar-refractivity contribution in [3.05, 3.63) is 62.6 Å². The Kier molecular flexibility index (Phi) is 7.01. The second-order valence-corrected chi connectivity index (χ2v) is 6.84. The number of rotatable bonds is 6. The van der Waals surface area contributed by atoms with Gasteiger partial charge in [0.05, 0.1) is 0 Å². The summed E-state index contributed by atoms with van der Waals surface area (Å²) in [4.78, 5) is 26.8. The quantitative estimate of drug-likeness (QED) is 0.636. The number of benzene rings is 1. The summed E-state index contributed by atoms with van der Waals surface area (Å²) in [6, 6.07) is 10.6. The number of hydrogen-bond acceptors (Lipinski definition) is 3. The third-order valence-electron chi connectivity index (χ3n) is 3.51. The topological polar surface area (TPSA) is 62.6 Å². The van der Waals surface area contributed by atoms with Gasteiger partial charge in [0.15, 0.2) is 10.4 Å². The molecule has 25 heavy (non-hydrogen) atoms. The molecule has 0 fully saturated rings. The summed E-state index contributed by atoms with van der Waals surface area (Å²) in [6.45, 7) is 4.89. The first-order chi connectivity index (χ1) is 11.9. The number of hydrogen-bond donors (Lipinski definition) is 1. The molecule has 7 heteroatoms. The van der Waals surface area contributed by atoms with Gasteiger partial charge in [0.2, 0.25) is 0 Å². The molecule has 0 aliphatic heterocycles. The number of halogens is 2. The maximum atomic E-state index is 12.7. The van der Waals surface area contributed by atoms with E-state index in [1.54, 1.807) is 23.1 Å². The molecule has 1 aromatic heterocycles. The average molecular weight is 470 g/mol. The maximum absolute atomic E-state index is 12.7. The largest absolute Gasteiger partial charge is 0.444 e. The van der Waals surface area contributed by atoms with Crippen LogP contribution in [-0.2, 0) is 4.79 Å². The van der Waals surface area contributed by atoms with E-state index in [1.165, 1.54) is 0 Å². The number of nitrogens with zero attached hydrogens (tertiary/aromatic N) is 1. The molecule has 0 atom stereocenters. The molecule has 2 aromatic rings. The van der Waals surface area contributed by atoms with Crippen molar-refractivity contribution in [3.8, 4) is 0 Å². The maximum Gasteiger partial charge on any atom is 0.291 e. The van der Waals surface area contributed by atoms with Crippen molar-refractivity contribution in [2.45, 2.75) is 13.8 Å². The summed E-state index contributed by atoms with van der Waals surface area (Å²) in [5.41, 5.74) is 1.00. The van der Waals surface area contributed by atoms with Crippen molar-refractivity contribution in [3.63, 3.8) is 0 Å². The minimum atomic E-state index is -0.477. The van der Waals surface area contributed by atoms with Gasteiger partial charge in [-0.2, -0.15) is 0 Å². The van der Waals surface area contributed by atoms with E-state index in [0.29, 0.717) is 17.8 Å². The Labute approximate surface area is 163 Å². The Balaban J connectivity index is 2.32. The van der Waals surface area contributed by atoms with Gasteiger partial charge in [0, 0.05) is 17.6 Å². The van der Waals surface area contributed by atoms with Crippen LogP contribution in [0.25, 0.3) is 6.08 Å². The highest BCUT2D eigenvalue weighted by molar-refractivity contribution is 9.10. The molecule has 0 aliphatic carbocycles. The minimum Gasteiger partial charge on any atom is -0.444 e. The third kappa shape index (κ3) is 5.31. The molecular formula is C18H18Br2N2O3. The smallest absolute Gasteiger partial charge is 0.291 e. The Bertz CT molecular complexity index is 778. The molecule has 1 N–H and O–H groups in total. The van der Waals surface area contributed by atoms with Crippen LogP contribution in [0.15, 0.2) is 55.7 Å². The summed E-state index contributed by atoms with van der Waals surface area (Å²) >= 11 is 6.54. The van der Waals surface area contributed by atoms with E-state index in [9.17, 15) is 9.59 Å². The predicted molar refractivity (Wildman–Crippen MR) is 104 cm³/mol. The summed E-state index contributed by atoms with van der Waals surface area (Å²) < 4.78 is 6.64. The van der Waals surface area contributed by atoms with Crippen LogP contribution in [0.4, 0.5) is 0 Å². The van der Waals surface area contributed by atoms with Gasteiger partial charge < -0.3 is 14.6 Å². The standard InChI is InChI=1S/C18H18Br2N2O3/c1-3-22(4-2)18(24)14(11-12-5-7-13(19)8-6-12)21-17(23)15-9-10-16(20)25-15/h5-11H,3-4H2,1-2H3,(H,21,23)/b14-11-. The van der Waals surface area contributed by atoms with Crippen LogP contribution in [0.3, 0.4) is 0 Å². The van der Waals surface area contributed by atoms with Gasteiger partial charge in [0.1, 0.15) is 5.70 Å². The molecule has 1 aromatic carbocycles. The number of furan rings is 1. The summed E-state index contributed by atoms with van der Waals surface area (Å²) in [6.07, 6.45) is 1.66. The van der Waals surface area contributed by atoms with Gasteiger partial charge >= 0.3 is 0 Å². The average Bonchev–Trinajstić information content (AvgIpc) is 3.03. The minimum absolute atomic E-state index is 0.126. The van der Waals surface area contributed by atoms with Crippen molar-refractivity contribution < 1.29 is 14.0 Å². The normalized spacial score (nSPS) is 11.3. The van der Waals surface area contributed by atoms with Gasteiger partial charge in [0.25, 0.3) is 11.8 Å². The highest BCUT2D eigenvalue weighted by Crippen LogP contribution is 2.16. The molecule has 2 rings (SSSR count).